The molecule has 0 aromatic heterocycles. The fourth-order valence-electron chi connectivity index (χ4n) is 0. The summed E-state index contributed by atoms with van der Waals surface area (Å²) in [6, 6.07) is 0. The maximum atomic E-state index is 0. The van der Waals surface area contributed by atoms with Gasteiger partial charge in [-0.15, -0.1) is 0 Å². The summed E-state index contributed by atoms with van der Waals surface area (Å²) < 4.78 is 0. The van der Waals surface area contributed by atoms with Crippen molar-refractivity contribution in [2.45, 2.75) is 0 Å². The zero-order valence-corrected chi connectivity index (χ0v) is 11.9. The summed E-state index contributed by atoms with van der Waals surface area (Å²) in [5.74, 6) is 0. The summed E-state index contributed by atoms with van der Waals surface area (Å²) in [6.45, 7) is 0. The molecule has 0 heterocycles. The molecule has 0 aromatic carbocycles. The Kier molecular flexibility index (Phi) is 96.8. The largest absolute Gasteiger partial charge is 0 e. The Hall–Kier alpha value is 3.97. The van der Waals surface area contributed by atoms with Gasteiger partial charge in [-0.1, -0.05) is 0 Å². The second-order valence-corrected chi connectivity index (χ2v) is 0. The molecule has 0 aliphatic carbocycles. The second kappa shape index (κ2) is 15.8. The van der Waals surface area contributed by atoms with Crippen molar-refractivity contribution in [1.82, 2.24) is 0 Å². The van der Waals surface area contributed by atoms with E-state index in [0.29, 0.717) is 0 Å². The van der Waals surface area contributed by atoms with Gasteiger partial charge in [0, 0.05) is 122 Å². The smallest absolute Gasteiger partial charge is 0 e. The van der Waals surface area contributed by atoms with Gasteiger partial charge in [-0.2, -0.15) is 0 Å². The zero-order chi connectivity index (χ0) is 0. The Morgan fingerprint density at radius 1 is 1.00 bits per heavy atom. The van der Waals surface area contributed by atoms with Crippen molar-refractivity contribution in [2.24, 2.45) is 0 Å². The van der Waals surface area contributed by atoms with Crippen LogP contribution in [0.25, 0.3) is 0 Å². The van der Waals surface area contributed by atoms with Gasteiger partial charge >= 0.3 is 0 Å². The zero-order valence-electron chi connectivity index (χ0n) is 1.73. The van der Waals surface area contributed by atoms with E-state index in [9.17, 15) is 0 Å². The third kappa shape index (κ3) is 9.36. The van der Waals surface area contributed by atoms with Crippen molar-refractivity contribution in [2.75, 3.05) is 0 Å². The Bertz CT molecular complexity index is 8.00. The SMILES string of the molecule is [Au].[Fe].[Nd].[Pr]. The fraction of sp³-hybridized carbons (Fsp3) is 0. The summed E-state index contributed by atoms with van der Waals surface area (Å²) in [5, 5.41) is 0. The van der Waals surface area contributed by atoms with Crippen molar-refractivity contribution < 1.29 is 122 Å². The minimum atomic E-state index is 0. The van der Waals surface area contributed by atoms with Gasteiger partial charge in [0.2, 0.25) is 0 Å². The predicted molar refractivity (Wildman–Crippen MR) is 0 cm³/mol. The van der Waals surface area contributed by atoms with E-state index in [2.05, 4.69) is 0 Å². The van der Waals surface area contributed by atoms with Crippen LogP contribution in [0.1, 0.15) is 0 Å². The molecule has 0 aromatic rings. The van der Waals surface area contributed by atoms with Gasteiger partial charge in [0.1, 0.15) is 0 Å². The molecule has 0 unspecified atom stereocenters. The molecule has 0 aliphatic rings. The summed E-state index contributed by atoms with van der Waals surface area (Å²) in [6.07, 6.45) is 0. The van der Waals surface area contributed by atoms with Crippen molar-refractivity contribution in [3.05, 3.63) is 0 Å². The molecule has 2 radical (unpaired) electrons. The average Bonchev–Trinajstić information content (AvgIpc) is 0. The van der Waals surface area contributed by atoms with E-state index in [1.807, 2.05) is 0 Å². The van der Waals surface area contributed by atoms with E-state index < -0.39 is 0 Å². The summed E-state index contributed by atoms with van der Waals surface area (Å²) >= 11 is 0. The fourth-order valence-corrected chi connectivity index (χ4v) is 0. The van der Waals surface area contributed by atoms with Crippen LogP contribution in [0, 0.1) is 82.1 Å². The topological polar surface area (TPSA) is 0 Å². The van der Waals surface area contributed by atoms with Crippen molar-refractivity contribution >= 4 is 0 Å². The first-order valence-corrected chi connectivity index (χ1v) is 0. The van der Waals surface area contributed by atoms with Gasteiger partial charge in [-0.3, -0.25) is 0 Å². The molecule has 0 saturated carbocycles. The first kappa shape index (κ1) is 24.6. The Morgan fingerprint density at radius 3 is 1.00 bits per heavy atom. The van der Waals surface area contributed by atoms with Gasteiger partial charge in [0.25, 0.3) is 0 Å². The molecule has 0 saturated heterocycles. The van der Waals surface area contributed by atoms with Gasteiger partial charge in [-0.05, 0) is 0 Å². The molecular weight excluding hydrogens is 538 g/mol. The molecule has 26 valence electrons. The van der Waals surface area contributed by atoms with Gasteiger partial charge < -0.3 is 0 Å². The summed E-state index contributed by atoms with van der Waals surface area (Å²) in [7, 11) is 0. The van der Waals surface area contributed by atoms with Crippen LogP contribution in [0.3, 0.4) is 0 Å². The Labute approximate surface area is 118 Å². The van der Waals surface area contributed by atoms with Gasteiger partial charge in [-0.25, -0.2) is 0 Å². The second-order valence-electron chi connectivity index (χ2n) is 0. The predicted octanol–water partition coefficient (Wildman–Crippen LogP) is -0.00500. The molecule has 4 heteroatoms. The maximum Gasteiger partial charge on any atom is 0 e. The van der Waals surface area contributed by atoms with Gasteiger partial charge in [0.05, 0.1) is 0 Å². The Morgan fingerprint density at radius 2 is 1.00 bits per heavy atom. The average molecular weight is 538 g/mol. The van der Waals surface area contributed by atoms with Crippen LogP contribution in [0.2, 0.25) is 0 Å². The first-order chi connectivity index (χ1) is 0. The Balaban J connectivity index is 0. The van der Waals surface area contributed by atoms with E-state index in [1.54, 1.807) is 0 Å². The molecule has 0 bridgehead atoms. The number of rotatable bonds is 0. The van der Waals surface area contributed by atoms with E-state index in [4.69, 9.17) is 0 Å². The van der Waals surface area contributed by atoms with E-state index in [1.165, 1.54) is 0 Å². The summed E-state index contributed by atoms with van der Waals surface area (Å²) in [5.41, 5.74) is 0. The molecule has 0 nitrogen and oxygen atoms in total. The van der Waals surface area contributed by atoms with Crippen molar-refractivity contribution in [3.8, 4) is 0 Å². The van der Waals surface area contributed by atoms with E-state index in [0.717, 1.165) is 0 Å². The molecule has 0 rings (SSSR count). The van der Waals surface area contributed by atoms with Crippen LogP contribution in [0.4, 0.5) is 0 Å². The first-order valence-electron chi connectivity index (χ1n) is 0. The monoisotopic (exact) mass is 536 g/mol. The summed E-state index contributed by atoms with van der Waals surface area (Å²) in [4.78, 5) is 0. The molecular formula is AuFeNdPr. The minimum Gasteiger partial charge on any atom is 0 e. The number of hydrogen-bond acceptors (Lipinski definition) is 0. The van der Waals surface area contributed by atoms with Crippen LogP contribution in [-0.2, 0) is 39.4 Å². The van der Waals surface area contributed by atoms with E-state index >= 15 is 0 Å². The molecule has 0 amide bonds. The molecule has 0 fully saturated rings. The third-order valence-electron chi connectivity index (χ3n) is 0. The normalized spacial score (nSPS) is 0. The van der Waals surface area contributed by atoms with Crippen molar-refractivity contribution in [1.29, 1.82) is 0 Å². The molecule has 4 heavy (non-hydrogen) atoms. The van der Waals surface area contributed by atoms with Crippen molar-refractivity contribution in [3.63, 3.8) is 0 Å². The van der Waals surface area contributed by atoms with Crippen LogP contribution in [0.5, 0.6) is 0 Å². The third-order valence-corrected chi connectivity index (χ3v) is 0. The molecule has 0 N–H and O–H groups in total. The van der Waals surface area contributed by atoms with Crippen LogP contribution < -0.4 is 0 Å². The van der Waals surface area contributed by atoms with Crippen LogP contribution in [0.15, 0.2) is 0 Å². The van der Waals surface area contributed by atoms with E-state index in [-0.39, 0.29) is 122 Å². The molecule has 0 aliphatic heterocycles. The van der Waals surface area contributed by atoms with Crippen LogP contribution >= 0.6 is 0 Å². The minimum absolute atomic E-state index is 0. The number of hydrogen-bond donors (Lipinski definition) is 0. The molecule has 0 atom stereocenters. The quantitative estimate of drug-likeness (QED) is 0.382. The maximum absolute atomic E-state index is 0. The molecule has 0 spiro atoms. The van der Waals surface area contributed by atoms with Crippen LogP contribution in [-0.4, -0.2) is 0 Å². The standard InChI is InChI=1S/Au.Fe.Nd.Pr. The van der Waals surface area contributed by atoms with Gasteiger partial charge in [0.15, 0.2) is 0 Å².